The Bertz CT molecular complexity index is 1270. The van der Waals surface area contributed by atoms with Gasteiger partial charge < -0.3 is 15.1 Å². The van der Waals surface area contributed by atoms with Crippen LogP contribution in [0.3, 0.4) is 0 Å². The van der Waals surface area contributed by atoms with Crippen LogP contribution in [-0.2, 0) is 11.0 Å². The number of nitrogens with one attached hydrogen (secondary N) is 1. The minimum atomic E-state index is -4.47. The average molecular weight is 642 g/mol. The Hall–Kier alpha value is -2.33. The highest BCUT2D eigenvalue weighted by Gasteiger charge is 2.48. The van der Waals surface area contributed by atoms with Crippen molar-refractivity contribution in [3.63, 3.8) is 0 Å². The van der Waals surface area contributed by atoms with E-state index < -0.39 is 17.3 Å². The Morgan fingerprint density at radius 2 is 1.70 bits per heavy atom. The minimum absolute atomic E-state index is 0.101. The van der Waals surface area contributed by atoms with E-state index in [-0.39, 0.29) is 29.3 Å². The van der Waals surface area contributed by atoms with E-state index in [9.17, 15) is 22.8 Å². The molecule has 2 atom stereocenters. The summed E-state index contributed by atoms with van der Waals surface area (Å²) in [7, 11) is 5.32. The van der Waals surface area contributed by atoms with Crippen LogP contribution in [0, 0.1) is 0 Å². The van der Waals surface area contributed by atoms with Crippen LogP contribution in [0.25, 0.3) is 0 Å². The topological polar surface area (TPSA) is 55.9 Å². The molecule has 2 aromatic rings. The number of carbonyl (C=O) groups is 2. The van der Waals surface area contributed by atoms with Crippen molar-refractivity contribution in [2.75, 3.05) is 47.3 Å². The molecule has 2 heterocycles. The van der Waals surface area contributed by atoms with E-state index in [4.69, 9.17) is 23.2 Å². The van der Waals surface area contributed by atoms with Gasteiger partial charge in [-0.05, 0) is 100 Å². The van der Waals surface area contributed by atoms with Gasteiger partial charge in [-0.2, -0.15) is 13.2 Å². The molecular weight excluding hydrogens is 600 g/mol. The van der Waals surface area contributed by atoms with Gasteiger partial charge in [0.15, 0.2) is 0 Å². The predicted molar refractivity (Wildman–Crippen MR) is 165 cm³/mol. The molecule has 236 valence electrons. The zero-order chi connectivity index (χ0) is 31.4. The number of nitrogens with zero attached hydrogens (tertiary/aromatic N) is 3. The fraction of sp³-hybridized carbons (Fsp3) is 0.562. The second-order valence-corrected chi connectivity index (χ2v) is 12.8. The summed E-state index contributed by atoms with van der Waals surface area (Å²) in [6.07, 6.45) is 1.75. The van der Waals surface area contributed by atoms with Crippen molar-refractivity contribution in [2.24, 2.45) is 0 Å². The SMILES string of the molecule is CN(C)C(=O)C1(N2CCCCC2CCC(CN(C)C(=O)c2ccc(C(F)(F)F)cc2)c2ccc(Cl)c(Cl)c2)CCNCC1. The smallest absolute Gasteiger partial charge is 0.347 e. The van der Waals surface area contributed by atoms with Crippen molar-refractivity contribution >= 4 is 35.0 Å². The normalized spacial score (nSPS) is 20.0. The number of hydrogen-bond donors (Lipinski definition) is 1. The summed E-state index contributed by atoms with van der Waals surface area (Å²) in [6.45, 7) is 2.81. The van der Waals surface area contributed by atoms with Gasteiger partial charge in [-0.15, -0.1) is 0 Å². The summed E-state index contributed by atoms with van der Waals surface area (Å²) < 4.78 is 39.1. The molecule has 4 rings (SSSR count). The van der Waals surface area contributed by atoms with Crippen molar-refractivity contribution in [3.8, 4) is 0 Å². The highest BCUT2D eigenvalue weighted by molar-refractivity contribution is 6.42. The molecule has 6 nitrogen and oxygen atoms in total. The Morgan fingerprint density at radius 3 is 2.30 bits per heavy atom. The first-order valence-electron chi connectivity index (χ1n) is 14.9. The minimum Gasteiger partial charge on any atom is -0.347 e. The molecule has 2 aliphatic heterocycles. The maximum absolute atomic E-state index is 13.6. The third-order valence-corrected chi connectivity index (χ3v) is 9.71. The van der Waals surface area contributed by atoms with Gasteiger partial charge in [0.1, 0.15) is 5.54 Å². The van der Waals surface area contributed by atoms with Crippen LogP contribution in [-0.4, -0.2) is 85.4 Å². The lowest BCUT2D eigenvalue weighted by Crippen LogP contribution is -2.66. The highest BCUT2D eigenvalue weighted by atomic mass is 35.5. The lowest BCUT2D eigenvalue weighted by Gasteiger charge is -2.51. The molecule has 2 amide bonds. The quantitative estimate of drug-likeness (QED) is 0.331. The number of rotatable bonds is 9. The largest absolute Gasteiger partial charge is 0.416 e. The molecule has 2 saturated heterocycles. The van der Waals surface area contributed by atoms with E-state index in [0.29, 0.717) is 16.6 Å². The van der Waals surface area contributed by atoms with Gasteiger partial charge in [0.2, 0.25) is 5.91 Å². The zero-order valence-corrected chi connectivity index (χ0v) is 26.5. The number of likely N-dealkylation sites (tertiary alicyclic amines) is 1. The molecule has 11 heteroatoms. The summed E-state index contributed by atoms with van der Waals surface area (Å²) in [6, 6.07) is 9.99. The average Bonchev–Trinajstić information content (AvgIpc) is 2.99. The van der Waals surface area contributed by atoms with Crippen LogP contribution >= 0.6 is 23.2 Å². The predicted octanol–water partition coefficient (Wildman–Crippen LogP) is 6.71. The van der Waals surface area contributed by atoms with Gasteiger partial charge in [0.25, 0.3) is 5.91 Å². The molecule has 0 aliphatic carbocycles. The van der Waals surface area contributed by atoms with Crippen LogP contribution in [0.2, 0.25) is 10.0 Å². The molecule has 0 aromatic heterocycles. The van der Waals surface area contributed by atoms with Crippen LogP contribution in [0.4, 0.5) is 13.2 Å². The van der Waals surface area contributed by atoms with Crippen LogP contribution in [0.5, 0.6) is 0 Å². The van der Waals surface area contributed by atoms with Gasteiger partial charge in [-0.1, -0.05) is 35.7 Å². The third kappa shape index (κ3) is 7.85. The Kier molecular flexibility index (Phi) is 11.1. The first-order valence-corrected chi connectivity index (χ1v) is 15.7. The fourth-order valence-corrected chi connectivity index (χ4v) is 7.01. The molecular formula is C32H41Cl2F3N4O2. The summed E-state index contributed by atoms with van der Waals surface area (Å²) in [4.78, 5) is 32.7. The molecule has 0 saturated carbocycles. The van der Waals surface area contributed by atoms with Crippen molar-refractivity contribution < 1.29 is 22.8 Å². The van der Waals surface area contributed by atoms with Crippen LogP contribution < -0.4 is 5.32 Å². The second-order valence-electron chi connectivity index (χ2n) is 12.0. The number of benzene rings is 2. The molecule has 2 aromatic carbocycles. The summed E-state index contributed by atoms with van der Waals surface area (Å²) in [5, 5.41) is 4.27. The van der Waals surface area contributed by atoms with Gasteiger partial charge in [-0.25, -0.2) is 0 Å². The van der Waals surface area contributed by atoms with Crippen molar-refractivity contribution in [1.82, 2.24) is 20.0 Å². The fourth-order valence-electron chi connectivity index (χ4n) is 6.70. The monoisotopic (exact) mass is 640 g/mol. The number of halogens is 5. The maximum atomic E-state index is 13.6. The van der Waals surface area contributed by atoms with E-state index in [2.05, 4.69) is 10.2 Å². The van der Waals surface area contributed by atoms with Crippen LogP contribution in [0.1, 0.15) is 72.3 Å². The van der Waals surface area contributed by atoms with Crippen LogP contribution in [0.15, 0.2) is 42.5 Å². The van der Waals surface area contributed by atoms with Gasteiger partial charge in [0.05, 0.1) is 15.6 Å². The van der Waals surface area contributed by atoms with Crippen molar-refractivity contribution in [2.45, 2.75) is 68.6 Å². The second kappa shape index (κ2) is 14.2. The highest BCUT2D eigenvalue weighted by Crippen LogP contribution is 2.38. The van der Waals surface area contributed by atoms with Gasteiger partial charge in [-0.3, -0.25) is 14.5 Å². The molecule has 1 N–H and O–H groups in total. The lowest BCUT2D eigenvalue weighted by molar-refractivity contribution is -0.148. The number of amides is 2. The molecule has 2 aliphatic rings. The summed E-state index contributed by atoms with van der Waals surface area (Å²) in [5.74, 6) is -0.303. The lowest BCUT2D eigenvalue weighted by atomic mass is 9.80. The van der Waals surface area contributed by atoms with E-state index in [0.717, 1.165) is 82.3 Å². The Labute approximate surface area is 262 Å². The maximum Gasteiger partial charge on any atom is 0.416 e. The molecule has 43 heavy (non-hydrogen) atoms. The van der Waals surface area contributed by atoms with Crippen molar-refractivity contribution in [3.05, 3.63) is 69.2 Å². The third-order valence-electron chi connectivity index (χ3n) is 8.98. The Morgan fingerprint density at radius 1 is 1.02 bits per heavy atom. The molecule has 0 bridgehead atoms. The zero-order valence-electron chi connectivity index (χ0n) is 25.0. The molecule has 0 radical (unpaired) electrons. The number of carbonyl (C=O) groups excluding carboxylic acids is 2. The first kappa shape index (κ1) is 33.6. The van der Waals surface area contributed by atoms with E-state index in [1.807, 2.05) is 26.2 Å². The number of hydrogen-bond acceptors (Lipinski definition) is 4. The summed E-state index contributed by atoms with van der Waals surface area (Å²) >= 11 is 12.6. The summed E-state index contributed by atoms with van der Waals surface area (Å²) in [5.41, 5.74) is -0.202. The molecule has 2 fully saturated rings. The molecule has 0 spiro atoms. The first-order chi connectivity index (χ1) is 20.3. The molecule has 2 unspecified atom stereocenters. The standard InChI is InChI=1S/C32H41Cl2F3N4O2/c1-39(2)30(43)31(15-17-38-18-16-31)41-19-5-4-6-26(41)13-9-24(23-10-14-27(33)28(34)20-23)21-40(3)29(42)22-7-11-25(12-8-22)32(35,36)37/h7-8,10-12,14,20,24,26,38H,4-6,9,13,15-19,21H2,1-3H3. The van der Waals surface area contributed by atoms with E-state index in [1.165, 1.54) is 12.1 Å². The number of alkyl halides is 3. The van der Waals surface area contributed by atoms with Gasteiger partial charge >= 0.3 is 6.18 Å². The number of likely N-dealkylation sites (N-methyl/N-ethyl adjacent to an activating group) is 2. The van der Waals surface area contributed by atoms with E-state index >= 15 is 0 Å². The number of piperidine rings is 2. The Balaban J connectivity index is 1.56. The van der Waals surface area contributed by atoms with Gasteiger partial charge in [0, 0.05) is 45.2 Å². The van der Waals surface area contributed by atoms with E-state index in [1.54, 1.807) is 22.9 Å². The van der Waals surface area contributed by atoms with Crippen molar-refractivity contribution in [1.29, 1.82) is 0 Å².